The second-order valence-electron chi connectivity index (χ2n) is 5.33. The van der Waals surface area contributed by atoms with Crippen molar-refractivity contribution in [2.45, 2.75) is 25.9 Å². The quantitative estimate of drug-likeness (QED) is 0.835. The van der Waals surface area contributed by atoms with Crippen LogP contribution in [0.4, 0.5) is 0 Å². The first-order valence-corrected chi connectivity index (χ1v) is 7.06. The molecule has 0 amide bonds. The van der Waals surface area contributed by atoms with E-state index in [1.807, 2.05) is 35.1 Å². The molecule has 0 unspecified atom stereocenters. The fraction of sp³-hybridized carbons (Fsp3) is 0.467. The van der Waals surface area contributed by atoms with Crippen LogP contribution in [0.1, 0.15) is 24.1 Å². The van der Waals surface area contributed by atoms with Crippen molar-refractivity contribution in [3.8, 4) is 5.75 Å². The minimum atomic E-state index is 0.736. The lowest BCUT2D eigenvalue weighted by atomic mass is 10.2. The van der Waals surface area contributed by atoms with E-state index in [1.54, 1.807) is 7.11 Å². The predicted molar refractivity (Wildman–Crippen MR) is 76.5 cm³/mol. The molecule has 5 nitrogen and oxygen atoms in total. The molecule has 1 heterocycles. The molecule has 3 rings (SSSR count). The van der Waals surface area contributed by atoms with Gasteiger partial charge in [-0.2, -0.15) is 0 Å². The van der Waals surface area contributed by atoms with Crippen molar-refractivity contribution in [3.05, 3.63) is 41.7 Å². The number of rotatable bonds is 7. The van der Waals surface area contributed by atoms with Crippen LogP contribution in [0.3, 0.4) is 0 Å². The molecule has 0 bridgehead atoms. The normalized spacial score (nSPS) is 14.4. The molecule has 0 spiro atoms. The highest BCUT2D eigenvalue weighted by Gasteiger charge is 2.20. The summed E-state index contributed by atoms with van der Waals surface area (Å²) in [5.41, 5.74) is 2.19. The van der Waals surface area contributed by atoms with Gasteiger partial charge < -0.3 is 10.1 Å². The highest BCUT2D eigenvalue weighted by atomic mass is 16.5. The van der Waals surface area contributed by atoms with E-state index < -0.39 is 0 Å². The molecule has 1 N–H and O–H groups in total. The minimum Gasteiger partial charge on any atom is -0.497 e. The average Bonchev–Trinajstić information content (AvgIpc) is 3.19. The molecule has 2 aromatic rings. The lowest BCUT2D eigenvalue weighted by molar-refractivity contribution is 0.414. The molecule has 0 aliphatic heterocycles. The van der Waals surface area contributed by atoms with Crippen LogP contribution in [-0.4, -0.2) is 28.6 Å². The van der Waals surface area contributed by atoms with Gasteiger partial charge in [-0.25, -0.2) is 4.68 Å². The molecule has 1 aromatic heterocycles. The number of hydrogen-bond acceptors (Lipinski definition) is 4. The lowest BCUT2D eigenvalue weighted by Crippen LogP contribution is -2.16. The molecule has 1 aliphatic rings. The first-order valence-electron chi connectivity index (χ1n) is 7.06. The first-order chi connectivity index (χ1) is 9.83. The third-order valence-corrected chi connectivity index (χ3v) is 3.53. The Morgan fingerprint density at radius 3 is 2.80 bits per heavy atom. The maximum Gasteiger partial charge on any atom is 0.118 e. The monoisotopic (exact) mass is 272 g/mol. The Bertz CT molecular complexity index is 545. The van der Waals surface area contributed by atoms with Gasteiger partial charge in [-0.05, 0) is 43.0 Å². The summed E-state index contributed by atoms with van der Waals surface area (Å²) in [4.78, 5) is 0. The Morgan fingerprint density at radius 2 is 2.10 bits per heavy atom. The third kappa shape index (κ3) is 3.57. The molecular formula is C15H20N4O. The molecule has 0 atom stereocenters. The van der Waals surface area contributed by atoms with Gasteiger partial charge in [0.05, 0.1) is 25.5 Å². The molecule has 5 heteroatoms. The van der Waals surface area contributed by atoms with E-state index in [9.17, 15) is 0 Å². The zero-order valence-electron chi connectivity index (χ0n) is 11.7. The van der Waals surface area contributed by atoms with Crippen molar-refractivity contribution in [2.24, 2.45) is 5.92 Å². The summed E-state index contributed by atoms with van der Waals surface area (Å²) in [6.07, 6.45) is 4.75. The van der Waals surface area contributed by atoms with Crippen LogP contribution in [0, 0.1) is 5.92 Å². The summed E-state index contributed by atoms with van der Waals surface area (Å²) in [5, 5.41) is 11.8. The highest BCUT2D eigenvalue weighted by molar-refractivity contribution is 5.27. The molecule has 1 fully saturated rings. The zero-order chi connectivity index (χ0) is 13.8. The second kappa shape index (κ2) is 6.05. The summed E-state index contributed by atoms with van der Waals surface area (Å²) in [6, 6.07) is 8.02. The molecular weight excluding hydrogens is 252 g/mol. The standard InChI is InChI=1S/C15H20N4O/c1-20-15-6-4-13(5-7-15)10-19-11-14(17-18-19)9-16-8-12-2-3-12/h4-7,11-12,16H,2-3,8-10H2,1H3. The van der Waals surface area contributed by atoms with E-state index in [2.05, 4.69) is 15.6 Å². The Labute approximate surface area is 118 Å². The summed E-state index contributed by atoms with van der Waals surface area (Å²) in [7, 11) is 1.67. The van der Waals surface area contributed by atoms with Crippen molar-refractivity contribution in [2.75, 3.05) is 13.7 Å². The summed E-state index contributed by atoms with van der Waals surface area (Å²) in [5.74, 6) is 1.77. The molecule has 106 valence electrons. The van der Waals surface area contributed by atoms with Crippen LogP contribution in [-0.2, 0) is 13.1 Å². The molecule has 20 heavy (non-hydrogen) atoms. The van der Waals surface area contributed by atoms with Gasteiger partial charge in [0.25, 0.3) is 0 Å². The van der Waals surface area contributed by atoms with Crippen molar-refractivity contribution in [1.82, 2.24) is 20.3 Å². The molecule has 1 saturated carbocycles. The summed E-state index contributed by atoms with van der Waals surface area (Å²) < 4.78 is 7.02. The third-order valence-electron chi connectivity index (χ3n) is 3.53. The van der Waals surface area contributed by atoms with Gasteiger partial charge in [-0.3, -0.25) is 0 Å². The number of methoxy groups -OCH3 is 1. The van der Waals surface area contributed by atoms with Crippen molar-refractivity contribution in [3.63, 3.8) is 0 Å². The zero-order valence-corrected chi connectivity index (χ0v) is 11.7. The number of aromatic nitrogens is 3. The van der Waals surface area contributed by atoms with Crippen molar-refractivity contribution < 1.29 is 4.74 Å². The maximum absolute atomic E-state index is 5.15. The Balaban J connectivity index is 1.52. The molecule has 1 aliphatic carbocycles. The largest absolute Gasteiger partial charge is 0.497 e. The van der Waals surface area contributed by atoms with Gasteiger partial charge in [-0.15, -0.1) is 5.10 Å². The second-order valence-corrected chi connectivity index (χ2v) is 5.33. The van der Waals surface area contributed by atoms with Gasteiger partial charge in [0.2, 0.25) is 0 Å². The fourth-order valence-corrected chi connectivity index (χ4v) is 2.14. The Hall–Kier alpha value is -1.88. The lowest BCUT2D eigenvalue weighted by Gasteiger charge is -2.03. The van der Waals surface area contributed by atoms with Gasteiger partial charge in [0.15, 0.2) is 0 Å². The topological polar surface area (TPSA) is 52.0 Å². The van der Waals surface area contributed by atoms with E-state index in [-0.39, 0.29) is 0 Å². The van der Waals surface area contributed by atoms with E-state index in [0.29, 0.717) is 0 Å². The van der Waals surface area contributed by atoms with Crippen molar-refractivity contribution in [1.29, 1.82) is 0 Å². The van der Waals surface area contributed by atoms with Crippen LogP contribution in [0.2, 0.25) is 0 Å². The number of nitrogens with zero attached hydrogens (tertiary/aromatic N) is 3. The number of ether oxygens (including phenoxy) is 1. The number of hydrogen-bond donors (Lipinski definition) is 1. The average molecular weight is 272 g/mol. The minimum absolute atomic E-state index is 0.736. The van der Waals surface area contributed by atoms with E-state index >= 15 is 0 Å². The van der Waals surface area contributed by atoms with Gasteiger partial charge in [0, 0.05) is 6.54 Å². The number of benzene rings is 1. The Morgan fingerprint density at radius 1 is 1.30 bits per heavy atom. The predicted octanol–water partition coefficient (Wildman–Crippen LogP) is 1.83. The fourth-order valence-electron chi connectivity index (χ4n) is 2.14. The molecule has 1 aromatic carbocycles. The van der Waals surface area contributed by atoms with Crippen LogP contribution < -0.4 is 10.1 Å². The summed E-state index contributed by atoms with van der Waals surface area (Å²) in [6.45, 7) is 2.64. The molecule has 0 saturated heterocycles. The SMILES string of the molecule is COc1ccc(Cn2cc(CNCC3CC3)nn2)cc1. The van der Waals surface area contributed by atoms with Crippen LogP contribution in [0.5, 0.6) is 5.75 Å². The van der Waals surface area contributed by atoms with Gasteiger partial charge in [-0.1, -0.05) is 17.3 Å². The maximum atomic E-state index is 5.15. The Kier molecular flexibility index (Phi) is 3.97. The highest BCUT2D eigenvalue weighted by Crippen LogP contribution is 2.27. The van der Waals surface area contributed by atoms with Crippen LogP contribution in [0.15, 0.2) is 30.5 Å². The smallest absolute Gasteiger partial charge is 0.118 e. The van der Waals surface area contributed by atoms with Gasteiger partial charge >= 0.3 is 0 Å². The summed E-state index contributed by atoms with van der Waals surface area (Å²) >= 11 is 0. The van der Waals surface area contributed by atoms with Crippen LogP contribution in [0.25, 0.3) is 0 Å². The van der Waals surface area contributed by atoms with Crippen LogP contribution >= 0.6 is 0 Å². The number of nitrogens with one attached hydrogen (secondary N) is 1. The van der Waals surface area contributed by atoms with E-state index in [4.69, 9.17) is 4.74 Å². The van der Waals surface area contributed by atoms with E-state index in [1.165, 1.54) is 18.4 Å². The van der Waals surface area contributed by atoms with Gasteiger partial charge in [0.1, 0.15) is 5.75 Å². The molecule has 0 radical (unpaired) electrons. The van der Waals surface area contributed by atoms with E-state index in [0.717, 1.165) is 37.0 Å². The first kappa shape index (κ1) is 13.1. The van der Waals surface area contributed by atoms with Crippen molar-refractivity contribution >= 4 is 0 Å².